The highest BCUT2D eigenvalue weighted by molar-refractivity contribution is 7.80. The van der Waals surface area contributed by atoms with Crippen molar-refractivity contribution in [2.45, 2.75) is 0 Å². The van der Waals surface area contributed by atoms with Gasteiger partial charge in [-0.05, 0) is 47.2 Å². The minimum atomic E-state index is 0.357. The first kappa shape index (κ1) is 14.3. The molecular formula is C12H9Cl2N3S2. The fraction of sp³-hybridized carbons (Fsp3) is 0. The molecule has 0 atom stereocenters. The molecule has 0 aliphatic heterocycles. The van der Waals surface area contributed by atoms with Crippen LogP contribution in [0.15, 0.2) is 40.1 Å². The Morgan fingerprint density at radius 1 is 1.32 bits per heavy atom. The summed E-state index contributed by atoms with van der Waals surface area (Å²) >= 11 is 18.5. The number of nitrogens with zero attached hydrogens (tertiary/aromatic N) is 1. The zero-order valence-corrected chi connectivity index (χ0v) is 12.7. The van der Waals surface area contributed by atoms with E-state index in [9.17, 15) is 0 Å². The van der Waals surface area contributed by atoms with Crippen molar-refractivity contribution >= 4 is 63.8 Å². The number of anilines is 1. The molecule has 0 amide bonds. The van der Waals surface area contributed by atoms with Crippen molar-refractivity contribution in [2.75, 3.05) is 5.32 Å². The van der Waals surface area contributed by atoms with Gasteiger partial charge in [-0.2, -0.15) is 16.4 Å². The average molecular weight is 330 g/mol. The lowest BCUT2D eigenvalue weighted by Crippen LogP contribution is -2.23. The van der Waals surface area contributed by atoms with Crippen LogP contribution in [0.25, 0.3) is 0 Å². The van der Waals surface area contributed by atoms with E-state index in [1.807, 2.05) is 16.8 Å². The van der Waals surface area contributed by atoms with Gasteiger partial charge in [0.1, 0.15) is 0 Å². The summed E-state index contributed by atoms with van der Waals surface area (Å²) < 4.78 is 0. The smallest absolute Gasteiger partial charge is 0.191 e. The zero-order chi connectivity index (χ0) is 13.7. The van der Waals surface area contributed by atoms with Crippen molar-refractivity contribution in [3.8, 4) is 0 Å². The molecule has 1 aromatic carbocycles. The van der Waals surface area contributed by atoms with Crippen molar-refractivity contribution in [3.63, 3.8) is 0 Å². The molecule has 0 saturated carbocycles. The van der Waals surface area contributed by atoms with Crippen molar-refractivity contribution in [1.29, 1.82) is 0 Å². The number of hydrazone groups is 1. The van der Waals surface area contributed by atoms with E-state index in [1.54, 1.807) is 35.8 Å². The van der Waals surface area contributed by atoms with Gasteiger partial charge in [0.05, 0.1) is 16.9 Å². The topological polar surface area (TPSA) is 36.4 Å². The molecule has 2 rings (SSSR count). The molecule has 1 heterocycles. The third-order valence-electron chi connectivity index (χ3n) is 2.10. The third-order valence-corrected chi connectivity index (χ3v) is 3.54. The van der Waals surface area contributed by atoms with Gasteiger partial charge < -0.3 is 5.32 Å². The molecule has 7 heteroatoms. The van der Waals surface area contributed by atoms with Crippen LogP contribution >= 0.6 is 46.8 Å². The lowest BCUT2D eigenvalue weighted by molar-refractivity contribution is 1.05. The highest BCUT2D eigenvalue weighted by atomic mass is 35.5. The second kappa shape index (κ2) is 6.86. The van der Waals surface area contributed by atoms with Gasteiger partial charge in [-0.25, -0.2) is 0 Å². The second-order valence-electron chi connectivity index (χ2n) is 3.50. The predicted octanol–water partition coefficient (Wildman–Crippen LogP) is 4.38. The molecule has 0 unspecified atom stereocenters. The van der Waals surface area contributed by atoms with Gasteiger partial charge in [0.2, 0.25) is 0 Å². The molecule has 0 aliphatic carbocycles. The molecule has 2 aromatic rings. The van der Waals surface area contributed by atoms with E-state index >= 15 is 0 Å². The number of nitrogens with one attached hydrogen (secondary N) is 2. The summed E-state index contributed by atoms with van der Waals surface area (Å²) in [4.78, 5) is 0. The fourth-order valence-corrected chi connectivity index (χ4v) is 2.48. The van der Waals surface area contributed by atoms with Crippen molar-refractivity contribution in [1.82, 2.24) is 5.43 Å². The highest BCUT2D eigenvalue weighted by Gasteiger charge is 2.02. The summed E-state index contributed by atoms with van der Waals surface area (Å²) in [5.41, 5.74) is 4.41. The van der Waals surface area contributed by atoms with Crippen LogP contribution in [-0.2, 0) is 0 Å². The largest absolute Gasteiger partial charge is 0.330 e. The van der Waals surface area contributed by atoms with E-state index in [4.69, 9.17) is 35.4 Å². The van der Waals surface area contributed by atoms with E-state index in [2.05, 4.69) is 15.8 Å². The van der Waals surface area contributed by atoms with Crippen LogP contribution in [0.1, 0.15) is 5.56 Å². The minimum absolute atomic E-state index is 0.357. The fourth-order valence-electron chi connectivity index (χ4n) is 1.25. The standard InChI is InChI=1S/C12H9Cl2N3S2/c13-9-1-2-11(10(14)5-9)16-12(18)17-15-6-8-3-4-19-7-8/h1-7H,(H2,16,17,18)/b15-6-. The summed E-state index contributed by atoms with van der Waals surface area (Å²) in [6.45, 7) is 0. The van der Waals surface area contributed by atoms with Crippen LogP contribution in [-0.4, -0.2) is 11.3 Å². The van der Waals surface area contributed by atoms with Crippen LogP contribution in [0.4, 0.5) is 5.69 Å². The average Bonchev–Trinajstić information content (AvgIpc) is 2.86. The van der Waals surface area contributed by atoms with E-state index in [0.29, 0.717) is 20.8 Å². The number of hydrogen-bond donors (Lipinski definition) is 2. The SMILES string of the molecule is S=C(N/N=C\c1ccsc1)Nc1ccc(Cl)cc1Cl. The second-order valence-corrected chi connectivity index (χ2v) is 5.54. The van der Waals surface area contributed by atoms with Gasteiger partial charge in [0.25, 0.3) is 0 Å². The monoisotopic (exact) mass is 329 g/mol. The molecule has 0 fully saturated rings. The van der Waals surface area contributed by atoms with Gasteiger partial charge in [-0.15, -0.1) is 0 Å². The van der Waals surface area contributed by atoms with Gasteiger partial charge in [-0.3, -0.25) is 5.43 Å². The Balaban J connectivity index is 1.91. The van der Waals surface area contributed by atoms with E-state index < -0.39 is 0 Å². The Kier molecular flexibility index (Phi) is 5.15. The normalized spacial score (nSPS) is 10.6. The first-order valence-electron chi connectivity index (χ1n) is 5.22. The van der Waals surface area contributed by atoms with Crippen LogP contribution < -0.4 is 10.7 Å². The highest BCUT2D eigenvalue weighted by Crippen LogP contribution is 2.25. The number of hydrogen-bond acceptors (Lipinski definition) is 3. The number of halogens is 2. The Hall–Kier alpha value is -1.14. The Morgan fingerprint density at radius 2 is 2.16 bits per heavy atom. The number of thiocarbonyl (C=S) groups is 1. The van der Waals surface area contributed by atoms with Crippen molar-refractivity contribution in [2.24, 2.45) is 5.10 Å². The summed E-state index contributed by atoms with van der Waals surface area (Å²) in [7, 11) is 0. The Morgan fingerprint density at radius 3 is 2.84 bits per heavy atom. The van der Waals surface area contributed by atoms with E-state index in [1.165, 1.54) is 0 Å². The summed E-state index contributed by atoms with van der Waals surface area (Å²) in [5, 5.41) is 12.3. The van der Waals surface area contributed by atoms with E-state index in [0.717, 1.165) is 5.56 Å². The third kappa shape index (κ3) is 4.47. The molecule has 0 radical (unpaired) electrons. The number of rotatable bonds is 3. The van der Waals surface area contributed by atoms with E-state index in [-0.39, 0.29) is 0 Å². The molecule has 0 bridgehead atoms. The molecule has 0 aliphatic rings. The van der Waals surface area contributed by atoms with Crippen molar-refractivity contribution < 1.29 is 0 Å². The van der Waals surface area contributed by atoms with Crippen LogP contribution in [0, 0.1) is 0 Å². The molecule has 3 nitrogen and oxygen atoms in total. The minimum Gasteiger partial charge on any atom is -0.330 e. The van der Waals surface area contributed by atoms with Gasteiger partial charge in [0, 0.05) is 10.6 Å². The Labute approximate surface area is 130 Å². The van der Waals surface area contributed by atoms with Crippen LogP contribution in [0.3, 0.4) is 0 Å². The zero-order valence-electron chi connectivity index (χ0n) is 9.56. The molecule has 0 saturated heterocycles. The Bertz CT molecular complexity index is 597. The van der Waals surface area contributed by atoms with Crippen molar-refractivity contribution in [3.05, 3.63) is 50.6 Å². The van der Waals surface area contributed by atoms with Gasteiger partial charge in [0.15, 0.2) is 5.11 Å². The molecule has 1 aromatic heterocycles. The lowest BCUT2D eigenvalue weighted by atomic mass is 10.3. The predicted molar refractivity (Wildman–Crippen MR) is 87.7 cm³/mol. The number of thiophene rings is 1. The molecule has 98 valence electrons. The molecule has 19 heavy (non-hydrogen) atoms. The number of benzene rings is 1. The molecule has 2 N–H and O–H groups in total. The summed E-state index contributed by atoms with van der Waals surface area (Å²) in [5.74, 6) is 0. The quantitative estimate of drug-likeness (QED) is 0.498. The maximum atomic E-state index is 6.02. The van der Waals surface area contributed by atoms with Crippen LogP contribution in [0.5, 0.6) is 0 Å². The summed E-state index contributed by atoms with van der Waals surface area (Å²) in [6, 6.07) is 7.08. The van der Waals surface area contributed by atoms with Crippen LogP contribution in [0.2, 0.25) is 10.0 Å². The lowest BCUT2D eigenvalue weighted by Gasteiger charge is -2.08. The maximum Gasteiger partial charge on any atom is 0.191 e. The van der Waals surface area contributed by atoms with Gasteiger partial charge in [-0.1, -0.05) is 23.2 Å². The summed E-state index contributed by atoms with van der Waals surface area (Å²) in [6.07, 6.45) is 1.69. The first-order valence-corrected chi connectivity index (χ1v) is 7.33. The molecular weight excluding hydrogens is 321 g/mol. The maximum absolute atomic E-state index is 6.02. The van der Waals surface area contributed by atoms with Gasteiger partial charge >= 0.3 is 0 Å². The first-order chi connectivity index (χ1) is 9.15. The molecule has 0 spiro atoms.